The van der Waals surface area contributed by atoms with Crippen LogP contribution in [0.25, 0.3) is 5.57 Å². The molecule has 1 saturated heterocycles. The molecule has 2 nitrogen and oxygen atoms in total. The Labute approximate surface area is 123 Å². The number of rotatable bonds is 3. The maximum Gasteiger partial charge on any atom is 0.0443 e. The van der Waals surface area contributed by atoms with E-state index in [1.807, 2.05) is 0 Å². The van der Waals surface area contributed by atoms with E-state index in [0.717, 1.165) is 32.6 Å². The van der Waals surface area contributed by atoms with Crippen molar-refractivity contribution in [1.29, 1.82) is 0 Å². The van der Waals surface area contributed by atoms with Gasteiger partial charge < -0.3 is 10.2 Å². The zero-order valence-electron chi connectivity index (χ0n) is 13.4. The molecule has 1 heterocycles. The number of nitrogens with one attached hydrogen (secondary N) is 1. The number of nitrogens with zero attached hydrogens (tertiary/aromatic N) is 1. The van der Waals surface area contributed by atoms with Crippen LogP contribution >= 0.6 is 0 Å². The molecule has 0 unspecified atom stereocenters. The Morgan fingerprint density at radius 1 is 1.25 bits per heavy atom. The van der Waals surface area contributed by atoms with Gasteiger partial charge in [0, 0.05) is 37.4 Å². The molecule has 0 aliphatic carbocycles. The van der Waals surface area contributed by atoms with Crippen molar-refractivity contribution in [2.75, 3.05) is 31.1 Å². The molecular weight excluding hydrogens is 244 g/mol. The van der Waals surface area contributed by atoms with Gasteiger partial charge in [-0.1, -0.05) is 40.3 Å². The van der Waals surface area contributed by atoms with Crippen molar-refractivity contribution in [3.8, 4) is 0 Å². The Morgan fingerprint density at radius 3 is 2.45 bits per heavy atom. The molecule has 110 valence electrons. The van der Waals surface area contributed by atoms with E-state index in [9.17, 15) is 0 Å². The summed E-state index contributed by atoms with van der Waals surface area (Å²) < 4.78 is 0. The number of allylic oxidation sites excluding steroid dienone is 1. The molecule has 0 bridgehead atoms. The van der Waals surface area contributed by atoms with Gasteiger partial charge >= 0.3 is 0 Å². The molecule has 1 N–H and O–H groups in total. The smallest absolute Gasteiger partial charge is 0.0443 e. The molecule has 1 aromatic rings. The molecule has 0 aromatic heterocycles. The number of benzene rings is 1. The molecule has 1 aliphatic heterocycles. The van der Waals surface area contributed by atoms with Crippen molar-refractivity contribution in [2.24, 2.45) is 0 Å². The summed E-state index contributed by atoms with van der Waals surface area (Å²) in [4.78, 5) is 2.49. The first-order valence-corrected chi connectivity index (χ1v) is 7.72. The molecule has 1 aliphatic rings. The highest BCUT2D eigenvalue weighted by Gasteiger charge is 2.19. The van der Waals surface area contributed by atoms with Crippen molar-refractivity contribution >= 4 is 11.3 Å². The van der Waals surface area contributed by atoms with Crippen molar-refractivity contribution in [3.05, 3.63) is 35.9 Å². The molecule has 2 rings (SSSR count). The van der Waals surface area contributed by atoms with Crippen molar-refractivity contribution in [3.63, 3.8) is 0 Å². The largest absolute Gasteiger partial charge is 0.368 e. The molecule has 1 fully saturated rings. The highest BCUT2D eigenvalue weighted by molar-refractivity contribution is 5.76. The fourth-order valence-electron chi connectivity index (χ4n) is 2.66. The van der Waals surface area contributed by atoms with Gasteiger partial charge in [-0.15, -0.1) is 0 Å². The van der Waals surface area contributed by atoms with E-state index >= 15 is 0 Å². The Bertz CT molecular complexity index is 477. The van der Waals surface area contributed by atoms with Gasteiger partial charge in [0.1, 0.15) is 0 Å². The van der Waals surface area contributed by atoms with Gasteiger partial charge in [-0.3, -0.25) is 0 Å². The monoisotopic (exact) mass is 272 g/mol. The highest BCUT2D eigenvalue weighted by atomic mass is 15.2. The minimum atomic E-state index is 0.185. The summed E-state index contributed by atoms with van der Waals surface area (Å²) in [5.74, 6) is 0. The minimum Gasteiger partial charge on any atom is -0.368 e. The molecule has 0 radical (unpaired) electrons. The summed E-state index contributed by atoms with van der Waals surface area (Å²) in [6.45, 7) is 17.6. The Hall–Kier alpha value is -1.28. The average molecular weight is 272 g/mol. The van der Waals surface area contributed by atoms with E-state index < -0.39 is 0 Å². The molecular formula is C18H28N2. The third kappa shape index (κ3) is 3.24. The van der Waals surface area contributed by atoms with Crippen molar-refractivity contribution < 1.29 is 0 Å². The van der Waals surface area contributed by atoms with Gasteiger partial charge in [-0.05, 0) is 35.1 Å². The number of piperazine rings is 1. The van der Waals surface area contributed by atoms with E-state index in [1.54, 1.807) is 0 Å². The second kappa shape index (κ2) is 6.01. The summed E-state index contributed by atoms with van der Waals surface area (Å²) in [5, 5.41) is 3.42. The van der Waals surface area contributed by atoms with E-state index in [1.165, 1.54) is 22.4 Å². The molecule has 0 spiro atoms. The first kappa shape index (κ1) is 15.1. The van der Waals surface area contributed by atoms with Crippen LogP contribution in [0.5, 0.6) is 0 Å². The molecule has 1 aromatic carbocycles. The van der Waals surface area contributed by atoms with Gasteiger partial charge in [-0.2, -0.15) is 0 Å². The molecule has 2 heteroatoms. The van der Waals surface area contributed by atoms with Crippen LogP contribution in [-0.2, 0) is 5.41 Å². The fourth-order valence-corrected chi connectivity index (χ4v) is 2.66. The standard InChI is InChI=1S/C18H28N2/c1-6-14(2)16-13-15(18(3,4)5)7-8-17(16)20-11-9-19-10-12-20/h7-8,13,19H,2,6,9-12H2,1,3-5H3. The van der Waals surface area contributed by atoms with Gasteiger partial charge in [-0.25, -0.2) is 0 Å². The first-order valence-electron chi connectivity index (χ1n) is 7.72. The number of anilines is 1. The molecule has 20 heavy (non-hydrogen) atoms. The van der Waals surface area contributed by atoms with Crippen LogP contribution in [0.4, 0.5) is 5.69 Å². The topological polar surface area (TPSA) is 15.3 Å². The maximum atomic E-state index is 4.28. The SMILES string of the molecule is C=C(CC)c1cc(C(C)(C)C)ccc1N1CCNCC1. The highest BCUT2D eigenvalue weighted by Crippen LogP contribution is 2.33. The van der Waals surface area contributed by atoms with Gasteiger partial charge in [0.05, 0.1) is 0 Å². The lowest BCUT2D eigenvalue weighted by molar-refractivity contribution is 0.583. The van der Waals surface area contributed by atoms with Gasteiger partial charge in [0.15, 0.2) is 0 Å². The quantitative estimate of drug-likeness (QED) is 0.900. The summed E-state index contributed by atoms with van der Waals surface area (Å²) in [6, 6.07) is 6.93. The predicted octanol–water partition coefficient (Wildman–Crippen LogP) is 3.82. The number of hydrogen-bond acceptors (Lipinski definition) is 2. The van der Waals surface area contributed by atoms with E-state index in [-0.39, 0.29) is 5.41 Å². The minimum absolute atomic E-state index is 0.185. The summed E-state index contributed by atoms with van der Waals surface area (Å²) in [7, 11) is 0. The molecule has 0 saturated carbocycles. The number of hydrogen-bond donors (Lipinski definition) is 1. The van der Waals surface area contributed by atoms with E-state index in [0.29, 0.717) is 0 Å². The Kier molecular flexibility index (Phi) is 4.54. The van der Waals surface area contributed by atoms with E-state index in [2.05, 4.69) is 62.7 Å². The van der Waals surface area contributed by atoms with Crippen molar-refractivity contribution in [2.45, 2.75) is 39.5 Å². The van der Waals surface area contributed by atoms with Crippen LogP contribution in [0.2, 0.25) is 0 Å². The Morgan fingerprint density at radius 2 is 1.90 bits per heavy atom. The third-order valence-electron chi connectivity index (χ3n) is 4.13. The second-order valence-electron chi connectivity index (χ2n) is 6.68. The van der Waals surface area contributed by atoms with Crippen LogP contribution in [0.1, 0.15) is 45.2 Å². The van der Waals surface area contributed by atoms with Gasteiger partial charge in [0.2, 0.25) is 0 Å². The third-order valence-corrected chi connectivity index (χ3v) is 4.13. The summed E-state index contributed by atoms with van der Waals surface area (Å²) in [6.07, 6.45) is 1.01. The first-order chi connectivity index (χ1) is 9.43. The summed E-state index contributed by atoms with van der Waals surface area (Å²) >= 11 is 0. The van der Waals surface area contributed by atoms with Crippen LogP contribution in [-0.4, -0.2) is 26.2 Å². The normalized spacial score (nSPS) is 16.3. The van der Waals surface area contributed by atoms with E-state index in [4.69, 9.17) is 0 Å². The Balaban J connectivity index is 2.42. The molecule has 0 atom stereocenters. The zero-order chi connectivity index (χ0) is 14.8. The molecule has 0 amide bonds. The lowest BCUT2D eigenvalue weighted by atomic mass is 9.84. The average Bonchev–Trinajstić information content (AvgIpc) is 2.45. The lowest BCUT2D eigenvalue weighted by Crippen LogP contribution is -2.43. The lowest BCUT2D eigenvalue weighted by Gasteiger charge is -2.32. The maximum absolute atomic E-state index is 4.28. The van der Waals surface area contributed by atoms with Crippen LogP contribution in [0.3, 0.4) is 0 Å². The van der Waals surface area contributed by atoms with Crippen molar-refractivity contribution in [1.82, 2.24) is 5.32 Å². The summed E-state index contributed by atoms with van der Waals surface area (Å²) in [5.41, 5.74) is 5.50. The predicted molar refractivity (Wildman–Crippen MR) is 89.5 cm³/mol. The fraction of sp³-hybridized carbons (Fsp3) is 0.556. The van der Waals surface area contributed by atoms with Crippen LogP contribution in [0, 0.1) is 0 Å². The zero-order valence-corrected chi connectivity index (χ0v) is 13.4. The van der Waals surface area contributed by atoms with Gasteiger partial charge in [0.25, 0.3) is 0 Å². The second-order valence-corrected chi connectivity index (χ2v) is 6.68. The van der Waals surface area contributed by atoms with Crippen LogP contribution < -0.4 is 10.2 Å². The van der Waals surface area contributed by atoms with Crippen LogP contribution in [0.15, 0.2) is 24.8 Å².